The van der Waals surface area contributed by atoms with Crippen LogP contribution in [0.3, 0.4) is 0 Å². The highest BCUT2D eigenvalue weighted by molar-refractivity contribution is 5.92. The topological polar surface area (TPSA) is 78.9 Å². The minimum absolute atomic E-state index is 0.282. The van der Waals surface area contributed by atoms with Crippen molar-refractivity contribution in [3.05, 3.63) is 127 Å². The van der Waals surface area contributed by atoms with E-state index in [1.54, 1.807) is 45.0 Å². The van der Waals surface area contributed by atoms with Crippen LogP contribution in [0.1, 0.15) is 26.3 Å². The first-order valence-electron chi connectivity index (χ1n) is 13.5. The maximum Gasteiger partial charge on any atom is 0.338 e. The molecule has 4 aromatic carbocycles. The number of hydrogen-bond acceptors (Lipinski definition) is 6. The van der Waals surface area contributed by atoms with Crippen molar-refractivity contribution >= 4 is 17.9 Å². The van der Waals surface area contributed by atoms with Crippen molar-refractivity contribution in [2.24, 2.45) is 0 Å². The molecule has 0 saturated carbocycles. The van der Waals surface area contributed by atoms with Crippen molar-refractivity contribution in [3.63, 3.8) is 0 Å². The van der Waals surface area contributed by atoms with E-state index in [2.05, 4.69) is 19.7 Å². The molecule has 6 heteroatoms. The number of esters is 3. The van der Waals surface area contributed by atoms with E-state index in [0.29, 0.717) is 28.4 Å². The second-order valence-electron chi connectivity index (χ2n) is 10.3. The van der Waals surface area contributed by atoms with Crippen LogP contribution < -0.4 is 14.2 Å². The zero-order chi connectivity index (χ0) is 31.3. The van der Waals surface area contributed by atoms with Gasteiger partial charge in [0.2, 0.25) is 0 Å². The molecule has 0 fully saturated rings. The molecule has 4 rings (SSSR count). The SMILES string of the molecule is C=C(C)C(=O)Oc1ccc(-c2ccc(-c3cc(C)c(-c4ccc(OC(=O)C(=C)C)cc4)cc3OC(=O)C(=C)C)cc2)cc1. The van der Waals surface area contributed by atoms with Gasteiger partial charge in [0.25, 0.3) is 0 Å². The van der Waals surface area contributed by atoms with E-state index in [9.17, 15) is 14.4 Å². The Kier molecular flexibility index (Phi) is 9.21. The van der Waals surface area contributed by atoms with Gasteiger partial charge in [0.15, 0.2) is 0 Å². The summed E-state index contributed by atoms with van der Waals surface area (Å²) in [6.45, 7) is 17.7. The van der Waals surface area contributed by atoms with Gasteiger partial charge in [0, 0.05) is 22.3 Å². The van der Waals surface area contributed by atoms with Crippen LogP contribution in [0.2, 0.25) is 0 Å². The summed E-state index contributed by atoms with van der Waals surface area (Å²) in [4.78, 5) is 36.2. The molecule has 216 valence electrons. The molecule has 0 spiro atoms. The summed E-state index contributed by atoms with van der Waals surface area (Å²) in [5.41, 5.74) is 7.11. The lowest BCUT2D eigenvalue weighted by Crippen LogP contribution is -2.09. The van der Waals surface area contributed by atoms with Crippen molar-refractivity contribution in [1.29, 1.82) is 0 Å². The molecular weight excluding hydrogens is 540 g/mol. The number of carbonyl (C=O) groups excluding carboxylic acids is 3. The molecule has 0 aliphatic rings. The van der Waals surface area contributed by atoms with E-state index in [1.807, 2.05) is 67.6 Å². The highest BCUT2D eigenvalue weighted by Crippen LogP contribution is 2.38. The smallest absolute Gasteiger partial charge is 0.338 e. The molecule has 6 nitrogen and oxygen atoms in total. The predicted octanol–water partition coefficient (Wildman–Crippen LogP) is 8.44. The van der Waals surface area contributed by atoms with Gasteiger partial charge in [-0.3, -0.25) is 0 Å². The highest BCUT2D eigenvalue weighted by atomic mass is 16.5. The van der Waals surface area contributed by atoms with Crippen molar-refractivity contribution in [2.75, 3.05) is 0 Å². The Morgan fingerprint density at radius 2 is 0.837 bits per heavy atom. The third kappa shape index (κ3) is 7.43. The van der Waals surface area contributed by atoms with Gasteiger partial charge in [-0.1, -0.05) is 68.3 Å². The summed E-state index contributed by atoms with van der Waals surface area (Å²) in [6.07, 6.45) is 0. The quantitative estimate of drug-likeness (QED) is 0.114. The molecule has 0 bridgehead atoms. The molecule has 0 saturated heterocycles. The van der Waals surface area contributed by atoms with Gasteiger partial charge in [-0.25, -0.2) is 14.4 Å². The Morgan fingerprint density at radius 3 is 1.28 bits per heavy atom. The number of hydrogen-bond donors (Lipinski definition) is 0. The molecular formula is C37H32O6. The lowest BCUT2D eigenvalue weighted by atomic mass is 9.93. The van der Waals surface area contributed by atoms with Crippen molar-refractivity contribution in [2.45, 2.75) is 27.7 Å². The molecule has 0 atom stereocenters. The maximum atomic E-state index is 12.6. The normalized spacial score (nSPS) is 10.4. The van der Waals surface area contributed by atoms with Crippen LogP contribution in [-0.2, 0) is 14.4 Å². The van der Waals surface area contributed by atoms with Gasteiger partial charge >= 0.3 is 17.9 Å². The van der Waals surface area contributed by atoms with E-state index in [0.717, 1.165) is 38.9 Å². The summed E-state index contributed by atoms with van der Waals surface area (Å²) in [5.74, 6) is -0.250. The Labute approximate surface area is 251 Å². The van der Waals surface area contributed by atoms with E-state index < -0.39 is 17.9 Å². The summed E-state index contributed by atoms with van der Waals surface area (Å²) < 4.78 is 16.4. The predicted molar refractivity (Wildman–Crippen MR) is 169 cm³/mol. The number of carbonyl (C=O) groups is 3. The minimum Gasteiger partial charge on any atom is -0.423 e. The van der Waals surface area contributed by atoms with Crippen LogP contribution in [0.5, 0.6) is 17.2 Å². The van der Waals surface area contributed by atoms with E-state index in [-0.39, 0.29) is 5.57 Å². The fourth-order valence-corrected chi connectivity index (χ4v) is 4.14. The minimum atomic E-state index is -0.526. The van der Waals surface area contributed by atoms with Gasteiger partial charge in [-0.2, -0.15) is 0 Å². The zero-order valence-electron chi connectivity index (χ0n) is 24.7. The average Bonchev–Trinajstić information content (AvgIpc) is 2.98. The summed E-state index contributed by atoms with van der Waals surface area (Å²) in [5, 5.41) is 0. The first-order chi connectivity index (χ1) is 20.4. The first-order valence-corrected chi connectivity index (χ1v) is 13.5. The molecule has 0 aliphatic carbocycles. The molecule has 43 heavy (non-hydrogen) atoms. The molecule has 0 heterocycles. The van der Waals surface area contributed by atoms with E-state index >= 15 is 0 Å². The number of rotatable bonds is 9. The van der Waals surface area contributed by atoms with Crippen LogP contribution in [0.15, 0.2) is 121 Å². The molecule has 0 amide bonds. The average molecular weight is 573 g/mol. The van der Waals surface area contributed by atoms with E-state index in [4.69, 9.17) is 14.2 Å². The molecule has 0 aliphatic heterocycles. The summed E-state index contributed by atoms with van der Waals surface area (Å²) >= 11 is 0. The third-order valence-corrected chi connectivity index (χ3v) is 6.54. The van der Waals surface area contributed by atoms with Gasteiger partial charge in [-0.15, -0.1) is 0 Å². The Hall–Kier alpha value is -5.49. The van der Waals surface area contributed by atoms with Gasteiger partial charge in [0.05, 0.1) is 0 Å². The van der Waals surface area contributed by atoms with Crippen LogP contribution in [0, 0.1) is 6.92 Å². The Bertz CT molecular complexity index is 1740. The van der Waals surface area contributed by atoms with Crippen LogP contribution in [-0.4, -0.2) is 17.9 Å². The second-order valence-corrected chi connectivity index (χ2v) is 10.3. The lowest BCUT2D eigenvalue weighted by Gasteiger charge is -2.16. The largest absolute Gasteiger partial charge is 0.423 e. The molecule has 0 unspecified atom stereocenters. The second kappa shape index (κ2) is 13.0. The highest BCUT2D eigenvalue weighted by Gasteiger charge is 2.17. The van der Waals surface area contributed by atoms with Crippen LogP contribution >= 0.6 is 0 Å². The molecule has 4 aromatic rings. The maximum absolute atomic E-state index is 12.6. The van der Waals surface area contributed by atoms with Gasteiger partial charge in [0.1, 0.15) is 17.2 Å². The van der Waals surface area contributed by atoms with E-state index in [1.165, 1.54) is 0 Å². The van der Waals surface area contributed by atoms with Crippen LogP contribution in [0.25, 0.3) is 33.4 Å². The fourth-order valence-electron chi connectivity index (χ4n) is 4.14. The number of aryl methyl sites for hydroxylation is 1. The number of ether oxygens (including phenoxy) is 3. The van der Waals surface area contributed by atoms with Crippen molar-refractivity contribution < 1.29 is 28.6 Å². The number of benzene rings is 4. The monoisotopic (exact) mass is 572 g/mol. The Morgan fingerprint density at radius 1 is 0.488 bits per heavy atom. The molecule has 0 aromatic heterocycles. The third-order valence-electron chi connectivity index (χ3n) is 6.54. The summed E-state index contributed by atoms with van der Waals surface area (Å²) in [7, 11) is 0. The fraction of sp³-hybridized carbons (Fsp3) is 0.108. The van der Waals surface area contributed by atoms with Crippen LogP contribution in [0.4, 0.5) is 0 Å². The summed E-state index contributed by atoms with van der Waals surface area (Å²) in [6, 6.07) is 26.0. The van der Waals surface area contributed by atoms with Crippen molar-refractivity contribution in [3.8, 4) is 50.6 Å². The molecule has 0 N–H and O–H groups in total. The Balaban J connectivity index is 1.65. The lowest BCUT2D eigenvalue weighted by molar-refractivity contribution is -0.130. The van der Waals surface area contributed by atoms with Gasteiger partial charge < -0.3 is 14.2 Å². The zero-order valence-corrected chi connectivity index (χ0v) is 24.7. The first kappa shape index (κ1) is 30.5. The molecule has 0 radical (unpaired) electrons. The van der Waals surface area contributed by atoms with Crippen molar-refractivity contribution in [1.82, 2.24) is 0 Å². The van der Waals surface area contributed by atoms with Gasteiger partial charge in [-0.05, 0) is 97.5 Å². The standard InChI is InChI=1S/C37H32O6/c1-22(2)35(38)41-30-16-12-27(13-17-30)26-8-10-29(11-9-26)33-20-25(7)32(21-34(33)43-37(40)24(5)6)28-14-18-31(19-15-28)42-36(39)23(3)4/h8-21H,1,3,5H2,2,4,6-7H3.